The van der Waals surface area contributed by atoms with Crippen molar-refractivity contribution in [2.45, 2.75) is 32.0 Å². The van der Waals surface area contributed by atoms with Crippen LogP contribution in [0.15, 0.2) is 57.6 Å². The van der Waals surface area contributed by atoms with Gasteiger partial charge in [-0.25, -0.2) is 0 Å². The van der Waals surface area contributed by atoms with Gasteiger partial charge in [0.1, 0.15) is 0 Å². The molecule has 0 amide bonds. The third-order valence-corrected chi connectivity index (χ3v) is 14.5. The molecule has 0 aromatic heterocycles. The van der Waals surface area contributed by atoms with E-state index < -0.39 is 31.6 Å². The van der Waals surface area contributed by atoms with Gasteiger partial charge in [0.15, 0.2) is 0 Å². The van der Waals surface area contributed by atoms with Crippen molar-refractivity contribution in [3.8, 4) is 0 Å². The van der Waals surface area contributed by atoms with Crippen molar-refractivity contribution in [1.29, 1.82) is 0 Å². The molecule has 0 radical (unpaired) electrons. The quantitative estimate of drug-likeness (QED) is 0.374. The number of benzene rings is 2. The SMILES string of the molecule is C[Si](C)(C)/C(=C/[Se]c1ccc(C(F)(F)F)cc1)[Se]c1ccc(C(F)(F)F)cc1. The Balaban J connectivity index is 2.17. The van der Waals surface area contributed by atoms with E-state index in [1.807, 2.05) is 0 Å². The van der Waals surface area contributed by atoms with Crippen LogP contribution < -0.4 is 8.92 Å². The van der Waals surface area contributed by atoms with Crippen LogP contribution in [0.2, 0.25) is 19.6 Å². The van der Waals surface area contributed by atoms with Crippen LogP contribution in [0.1, 0.15) is 11.1 Å². The first-order chi connectivity index (χ1) is 12.8. The van der Waals surface area contributed by atoms with E-state index in [0.29, 0.717) is 0 Å². The Bertz CT molecular complexity index is 816. The van der Waals surface area contributed by atoms with E-state index in [1.54, 1.807) is 0 Å². The number of halogens is 6. The summed E-state index contributed by atoms with van der Waals surface area (Å²) in [6, 6.07) is 10.4. The number of hydrogen-bond acceptors (Lipinski definition) is 0. The van der Waals surface area contributed by atoms with E-state index in [1.165, 1.54) is 28.4 Å². The first-order valence-corrected chi connectivity index (χ1v) is 15.2. The standard InChI is InChI=1S/C19H18F6Se2Si/c1-28(2,3)17(27-16-10-6-14(7-11-16)19(23,24)25)12-26-15-8-4-13(5-9-15)18(20,21)22/h4-12H,1-3H3/b17-12+. The first kappa shape index (κ1) is 23.3. The molecule has 0 bridgehead atoms. The van der Waals surface area contributed by atoms with Gasteiger partial charge in [0.25, 0.3) is 0 Å². The summed E-state index contributed by atoms with van der Waals surface area (Å²) < 4.78 is 79.1. The fourth-order valence-electron chi connectivity index (χ4n) is 2.04. The summed E-state index contributed by atoms with van der Waals surface area (Å²) in [5.74, 6) is 0. The monoisotopic (exact) mass is 548 g/mol. The fraction of sp³-hybridized carbons (Fsp3) is 0.263. The predicted octanol–water partition coefficient (Wildman–Crippen LogP) is 4.80. The predicted molar refractivity (Wildman–Crippen MR) is 105 cm³/mol. The van der Waals surface area contributed by atoms with Crippen LogP contribution in [-0.4, -0.2) is 38.0 Å². The summed E-state index contributed by atoms with van der Waals surface area (Å²) in [5, 5.41) is 0. The van der Waals surface area contributed by atoms with Crippen molar-refractivity contribution in [3.05, 3.63) is 68.7 Å². The summed E-state index contributed by atoms with van der Waals surface area (Å²) in [4.78, 5) is 2.10. The van der Waals surface area contributed by atoms with Crippen molar-refractivity contribution in [2.75, 3.05) is 0 Å². The summed E-state index contributed by atoms with van der Waals surface area (Å²) >= 11 is -0.240. The normalized spacial score (nSPS) is 13.7. The molecule has 0 nitrogen and oxygen atoms in total. The molecule has 0 saturated carbocycles. The van der Waals surface area contributed by atoms with Crippen molar-refractivity contribution in [2.24, 2.45) is 0 Å². The molecule has 0 aliphatic heterocycles. The molecule has 2 aromatic carbocycles. The molecule has 152 valence electrons. The zero-order valence-corrected chi connectivity index (χ0v) is 19.7. The molecular weight excluding hydrogens is 528 g/mol. The van der Waals surface area contributed by atoms with Gasteiger partial charge in [0, 0.05) is 0 Å². The molecule has 0 N–H and O–H groups in total. The molecule has 2 aromatic rings. The van der Waals surface area contributed by atoms with E-state index in [0.717, 1.165) is 33.2 Å². The van der Waals surface area contributed by atoms with Crippen molar-refractivity contribution < 1.29 is 26.3 Å². The number of hydrogen-bond donors (Lipinski definition) is 0. The second-order valence-corrected chi connectivity index (χ2v) is 17.2. The van der Waals surface area contributed by atoms with Crippen LogP contribution in [-0.2, 0) is 12.4 Å². The average molecular weight is 546 g/mol. The van der Waals surface area contributed by atoms with Gasteiger partial charge in [-0.15, -0.1) is 0 Å². The van der Waals surface area contributed by atoms with Crippen molar-refractivity contribution in [1.82, 2.24) is 0 Å². The second-order valence-electron chi connectivity index (χ2n) is 7.00. The topological polar surface area (TPSA) is 0 Å². The maximum absolute atomic E-state index is 12.7. The minimum absolute atomic E-state index is 0.109. The van der Waals surface area contributed by atoms with E-state index in [4.69, 9.17) is 0 Å². The number of alkyl halides is 6. The van der Waals surface area contributed by atoms with Gasteiger partial charge in [-0.3, -0.25) is 0 Å². The molecule has 0 fully saturated rings. The van der Waals surface area contributed by atoms with Crippen LogP contribution in [0.3, 0.4) is 0 Å². The summed E-state index contributed by atoms with van der Waals surface area (Å²) in [5.41, 5.74) is -1.34. The van der Waals surface area contributed by atoms with Gasteiger partial charge in [-0.2, -0.15) is 0 Å². The molecule has 0 saturated heterocycles. The van der Waals surface area contributed by atoms with Crippen LogP contribution in [0.25, 0.3) is 0 Å². The Labute approximate surface area is 173 Å². The Morgan fingerprint density at radius 3 is 1.46 bits per heavy atom. The van der Waals surface area contributed by atoms with Gasteiger partial charge in [-0.1, -0.05) is 0 Å². The average Bonchev–Trinajstić information content (AvgIpc) is 2.57. The molecule has 0 atom stereocenters. The molecule has 0 spiro atoms. The Morgan fingerprint density at radius 2 is 1.11 bits per heavy atom. The molecule has 9 heteroatoms. The van der Waals surface area contributed by atoms with Crippen molar-refractivity contribution >= 4 is 46.9 Å². The van der Waals surface area contributed by atoms with Crippen molar-refractivity contribution in [3.63, 3.8) is 0 Å². The zero-order chi connectivity index (χ0) is 21.2. The minimum atomic E-state index is -4.35. The van der Waals surface area contributed by atoms with E-state index in [2.05, 4.69) is 24.6 Å². The van der Waals surface area contributed by atoms with Crippen LogP contribution in [0.4, 0.5) is 26.3 Å². The Hall–Kier alpha value is -0.984. The second kappa shape index (κ2) is 8.80. The number of rotatable bonds is 5. The maximum atomic E-state index is 12.7. The van der Waals surface area contributed by atoms with Crippen LogP contribution in [0.5, 0.6) is 0 Å². The Morgan fingerprint density at radius 1 is 0.714 bits per heavy atom. The zero-order valence-electron chi connectivity index (χ0n) is 15.3. The van der Waals surface area contributed by atoms with Gasteiger partial charge in [-0.05, 0) is 0 Å². The van der Waals surface area contributed by atoms with E-state index in [-0.39, 0.29) is 29.9 Å². The van der Waals surface area contributed by atoms with Crippen LogP contribution >= 0.6 is 0 Å². The molecule has 28 heavy (non-hydrogen) atoms. The molecule has 0 aliphatic carbocycles. The summed E-state index contributed by atoms with van der Waals surface area (Å²) in [6.45, 7) is 6.48. The van der Waals surface area contributed by atoms with Gasteiger partial charge < -0.3 is 0 Å². The van der Waals surface area contributed by atoms with Gasteiger partial charge in [0.05, 0.1) is 0 Å². The van der Waals surface area contributed by atoms with Crippen LogP contribution in [0, 0.1) is 0 Å². The van der Waals surface area contributed by atoms with Gasteiger partial charge in [0.2, 0.25) is 0 Å². The Kier molecular flexibility index (Phi) is 7.32. The van der Waals surface area contributed by atoms with E-state index >= 15 is 0 Å². The van der Waals surface area contributed by atoms with Gasteiger partial charge >= 0.3 is 174 Å². The fourth-order valence-corrected chi connectivity index (χ4v) is 11.1. The molecule has 2 rings (SSSR count). The molecule has 0 aliphatic rings. The summed E-state index contributed by atoms with van der Waals surface area (Å²) in [7, 11) is -1.71. The molecular formula is C19H18F6Se2Si. The molecule has 0 heterocycles. The third kappa shape index (κ3) is 6.81. The summed E-state index contributed by atoms with van der Waals surface area (Å²) in [6.07, 6.45) is -8.70. The molecule has 0 unspecified atom stereocenters. The third-order valence-electron chi connectivity index (χ3n) is 3.63. The van der Waals surface area contributed by atoms with E-state index in [9.17, 15) is 26.3 Å². The first-order valence-electron chi connectivity index (χ1n) is 8.16.